The van der Waals surface area contributed by atoms with Crippen LogP contribution in [0.2, 0.25) is 0 Å². The molecule has 0 bridgehead atoms. The van der Waals surface area contributed by atoms with E-state index in [1.807, 2.05) is 6.08 Å². The van der Waals surface area contributed by atoms with E-state index in [9.17, 15) is 0 Å². The molecule has 1 rings (SSSR count). The van der Waals surface area contributed by atoms with Crippen molar-refractivity contribution in [1.29, 1.82) is 0 Å². The van der Waals surface area contributed by atoms with Crippen LogP contribution in [0.15, 0.2) is 11.6 Å². The number of rotatable bonds is 5. The topological polar surface area (TPSA) is 21.3 Å². The molecule has 0 aliphatic carbocycles. The van der Waals surface area contributed by atoms with Crippen LogP contribution in [0, 0.1) is 0 Å². The van der Waals surface area contributed by atoms with Gasteiger partial charge in [-0.05, 0) is 25.7 Å². The first-order chi connectivity index (χ1) is 7.26. The third-order valence-electron chi connectivity index (χ3n) is 3.40. The molecular weight excluding hydrogens is 210 g/mol. The van der Waals surface area contributed by atoms with Crippen LogP contribution in [0.5, 0.6) is 0 Å². The smallest absolute Gasteiger partial charge is 0.0692 e. The van der Waals surface area contributed by atoms with Gasteiger partial charge in [0.25, 0.3) is 0 Å². The zero-order valence-corrected chi connectivity index (χ0v) is 10.5. The highest BCUT2D eigenvalue weighted by molar-refractivity contribution is 6.25. The lowest BCUT2D eigenvalue weighted by Crippen LogP contribution is -2.46. The number of hydrogen-bond donors (Lipinski definition) is 1. The van der Waals surface area contributed by atoms with Crippen molar-refractivity contribution in [2.75, 3.05) is 13.2 Å². The van der Waals surface area contributed by atoms with Gasteiger partial charge in [-0.1, -0.05) is 31.5 Å². The third kappa shape index (κ3) is 3.78. The van der Waals surface area contributed by atoms with E-state index < -0.39 is 0 Å². The summed E-state index contributed by atoms with van der Waals surface area (Å²) in [5.41, 5.74) is 1.68. The molecule has 15 heavy (non-hydrogen) atoms. The van der Waals surface area contributed by atoms with Gasteiger partial charge in [-0.2, -0.15) is 0 Å². The molecule has 0 aromatic carbocycles. The zero-order valence-electron chi connectivity index (χ0n) is 9.76. The Kier molecular flexibility index (Phi) is 5.65. The van der Waals surface area contributed by atoms with Crippen molar-refractivity contribution in [2.24, 2.45) is 0 Å². The van der Waals surface area contributed by atoms with Crippen molar-refractivity contribution in [3.8, 4) is 0 Å². The summed E-state index contributed by atoms with van der Waals surface area (Å²) in [6.45, 7) is 6.16. The molecule has 1 fully saturated rings. The summed E-state index contributed by atoms with van der Waals surface area (Å²) >= 11 is 5.48. The lowest BCUT2D eigenvalue weighted by molar-refractivity contribution is -0.0926. The molecule has 1 aliphatic rings. The van der Waals surface area contributed by atoms with Crippen LogP contribution in [-0.2, 0) is 4.74 Å². The first kappa shape index (κ1) is 13.0. The van der Waals surface area contributed by atoms with Crippen LogP contribution in [0.1, 0.15) is 39.5 Å². The van der Waals surface area contributed by atoms with E-state index in [-0.39, 0.29) is 5.60 Å². The minimum Gasteiger partial charge on any atom is -0.375 e. The first-order valence-corrected chi connectivity index (χ1v) is 6.32. The van der Waals surface area contributed by atoms with Gasteiger partial charge in [0.15, 0.2) is 0 Å². The summed E-state index contributed by atoms with van der Waals surface area (Å²) in [4.78, 5) is 0. The maximum atomic E-state index is 5.92. The van der Waals surface area contributed by atoms with Crippen LogP contribution in [-0.4, -0.2) is 24.8 Å². The largest absolute Gasteiger partial charge is 0.375 e. The maximum Gasteiger partial charge on any atom is 0.0692 e. The minimum absolute atomic E-state index is 0.112. The fourth-order valence-electron chi connectivity index (χ4n) is 2.22. The summed E-state index contributed by atoms with van der Waals surface area (Å²) < 4.78 is 5.92. The number of halogens is 1. The molecule has 2 nitrogen and oxygen atoms in total. The molecule has 1 atom stereocenters. The second-order valence-corrected chi connectivity index (χ2v) is 4.45. The van der Waals surface area contributed by atoms with Crippen molar-refractivity contribution in [1.82, 2.24) is 5.32 Å². The van der Waals surface area contributed by atoms with Gasteiger partial charge in [-0.25, -0.2) is 0 Å². The summed E-state index contributed by atoms with van der Waals surface area (Å²) in [6, 6.07) is 0.575. The molecule has 1 heterocycles. The van der Waals surface area contributed by atoms with Crippen LogP contribution in [0.3, 0.4) is 0 Å². The Bertz CT molecular complexity index is 202. The highest BCUT2D eigenvalue weighted by Gasteiger charge is 2.33. The monoisotopic (exact) mass is 231 g/mol. The fraction of sp³-hybridized carbons (Fsp3) is 0.833. The SMILES string of the molecule is CCC1(CC)CC(NC/C=C/Cl)CCO1. The summed E-state index contributed by atoms with van der Waals surface area (Å²) in [7, 11) is 0. The average molecular weight is 232 g/mol. The van der Waals surface area contributed by atoms with Gasteiger partial charge in [-0.3, -0.25) is 0 Å². The first-order valence-electron chi connectivity index (χ1n) is 5.89. The molecular formula is C12H22ClNO. The molecule has 0 radical (unpaired) electrons. The molecule has 1 unspecified atom stereocenters. The Balaban J connectivity index is 2.40. The van der Waals surface area contributed by atoms with Gasteiger partial charge < -0.3 is 10.1 Å². The van der Waals surface area contributed by atoms with E-state index in [0.717, 1.165) is 38.8 Å². The van der Waals surface area contributed by atoms with E-state index in [2.05, 4.69) is 19.2 Å². The van der Waals surface area contributed by atoms with Crippen LogP contribution >= 0.6 is 11.6 Å². The lowest BCUT2D eigenvalue weighted by Gasteiger charge is -2.40. The Hall–Kier alpha value is -0.0500. The third-order valence-corrected chi connectivity index (χ3v) is 3.57. The van der Waals surface area contributed by atoms with Crippen molar-refractivity contribution < 1.29 is 4.74 Å². The predicted octanol–water partition coefficient (Wildman–Crippen LogP) is 3.07. The highest BCUT2D eigenvalue weighted by atomic mass is 35.5. The minimum atomic E-state index is 0.112. The Labute approximate surface area is 98.0 Å². The zero-order chi connectivity index (χ0) is 11.1. The van der Waals surface area contributed by atoms with E-state index in [4.69, 9.17) is 16.3 Å². The van der Waals surface area contributed by atoms with E-state index in [1.165, 1.54) is 0 Å². The molecule has 88 valence electrons. The lowest BCUT2D eigenvalue weighted by atomic mass is 9.86. The van der Waals surface area contributed by atoms with E-state index >= 15 is 0 Å². The van der Waals surface area contributed by atoms with E-state index in [1.54, 1.807) is 5.54 Å². The number of hydrogen-bond acceptors (Lipinski definition) is 2. The molecule has 0 aromatic heterocycles. The van der Waals surface area contributed by atoms with Crippen molar-refractivity contribution in [2.45, 2.75) is 51.2 Å². The van der Waals surface area contributed by atoms with Crippen molar-refractivity contribution in [3.63, 3.8) is 0 Å². The second kappa shape index (κ2) is 6.51. The van der Waals surface area contributed by atoms with Crippen LogP contribution in [0.25, 0.3) is 0 Å². The number of ether oxygens (including phenoxy) is 1. The Morgan fingerprint density at radius 1 is 1.47 bits per heavy atom. The van der Waals surface area contributed by atoms with Gasteiger partial charge >= 0.3 is 0 Å². The Morgan fingerprint density at radius 2 is 2.20 bits per heavy atom. The van der Waals surface area contributed by atoms with Crippen LogP contribution < -0.4 is 5.32 Å². The summed E-state index contributed by atoms with van der Waals surface area (Å²) in [6.07, 6.45) is 6.38. The van der Waals surface area contributed by atoms with Crippen molar-refractivity contribution >= 4 is 11.6 Å². The molecule has 1 saturated heterocycles. The Morgan fingerprint density at radius 3 is 2.80 bits per heavy atom. The van der Waals surface area contributed by atoms with Gasteiger partial charge in [0.2, 0.25) is 0 Å². The molecule has 3 heteroatoms. The van der Waals surface area contributed by atoms with Gasteiger partial charge in [0.1, 0.15) is 0 Å². The summed E-state index contributed by atoms with van der Waals surface area (Å²) in [5, 5.41) is 3.49. The molecule has 0 spiro atoms. The predicted molar refractivity (Wildman–Crippen MR) is 65.3 cm³/mol. The molecule has 0 saturated carbocycles. The quantitative estimate of drug-likeness (QED) is 0.785. The highest BCUT2D eigenvalue weighted by Crippen LogP contribution is 2.31. The fourth-order valence-corrected chi connectivity index (χ4v) is 2.31. The van der Waals surface area contributed by atoms with Gasteiger partial charge in [0, 0.05) is 24.7 Å². The average Bonchev–Trinajstić information content (AvgIpc) is 2.30. The van der Waals surface area contributed by atoms with Gasteiger partial charge in [0.05, 0.1) is 5.60 Å². The summed E-state index contributed by atoms with van der Waals surface area (Å²) in [5.74, 6) is 0. The standard InChI is InChI=1S/C12H22ClNO/c1-3-12(4-2)10-11(6-9-15-12)14-8-5-7-13/h5,7,11,14H,3-4,6,8-10H2,1-2H3/b7-5+. The van der Waals surface area contributed by atoms with Crippen molar-refractivity contribution in [3.05, 3.63) is 11.6 Å². The van der Waals surface area contributed by atoms with Crippen LogP contribution in [0.4, 0.5) is 0 Å². The second-order valence-electron chi connectivity index (χ2n) is 4.20. The molecule has 1 N–H and O–H groups in total. The number of nitrogens with one attached hydrogen (secondary N) is 1. The van der Waals surface area contributed by atoms with E-state index in [0.29, 0.717) is 6.04 Å². The maximum absolute atomic E-state index is 5.92. The molecule has 0 amide bonds. The molecule has 1 aliphatic heterocycles. The normalized spacial score (nSPS) is 25.9. The van der Waals surface area contributed by atoms with Gasteiger partial charge in [-0.15, -0.1) is 0 Å². The molecule has 0 aromatic rings.